The lowest BCUT2D eigenvalue weighted by Crippen LogP contribution is -2.39. The molecule has 0 unspecified atom stereocenters. The zero-order valence-corrected chi connectivity index (χ0v) is 20.0. The van der Waals surface area contributed by atoms with Gasteiger partial charge in [-0.05, 0) is 51.4 Å². The molecule has 1 aromatic carbocycles. The van der Waals surface area contributed by atoms with E-state index >= 15 is 0 Å². The molecule has 5 rings (SSSR count). The fourth-order valence-electron chi connectivity index (χ4n) is 4.43. The van der Waals surface area contributed by atoms with Gasteiger partial charge in [0.2, 0.25) is 5.91 Å². The fourth-order valence-corrected chi connectivity index (χ4v) is 5.37. The number of carbonyl (C=O) groups excluding carboxylic acids is 1. The van der Waals surface area contributed by atoms with Crippen molar-refractivity contribution in [2.75, 3.05) is 25.0 Å². The number of hydrogen-bond donors (Lipinski definition) is 3. The molecule has 1 aliphatic heterocycles. The summed E-state index contributed by atoms with van der Waals surface area (Å²) in [4.78, 5) is 27.9. The highest BCUT2D eigenvalue weighted by atomic mass is 32.1. The summed E-state index contributed by atoms with van der Waals surface area (Å²) in [7, 11) is 1.98. The minimum absolute atomic E-state index is 0.0658. The van der Waals surface area contributed by atoms with E-state index in [0.717, 1.165) is 75.8 Å². The Hall–Kier alpha value is -3.04. The van der Waals surface area contributed by atoms with Gasteiger partial charge in [-0.1, -0.05) is 29.5 Å². The van der Waals surface area contributed by atoms with E-state index in [1.54, 1.807) is 17.7 Å². The first-order chi connectivity index (χ1) is 16.0. The summed E-state index contributed by atoms with van der Waals surface area (Å²) >= 11 is 1.58. The molecule has 0 saturated carbocycles. The maximum Gasteiger partial charge on any atom is 0.223 e. The Labute approximate surface area is 196 Å². The Morgan fingerprint density at radius 3 is 2.88 bits per heavy atom. The van der Waals surface area contributed by atoms with Crippen LogP contribution in [0, 0.1) is 5.92 Å². The van der Waals surface area contributed by atoms with Crippen LogP contribution in [0.25, 0.3) is 32.0 Å². The average Bonchev–Trinajstić information content (AvgIpc) is 3.43. The Bertz CT molecular complexity index is 1310. The predicted molar refractivity (Wildman–Crippen MR) is 133 cm³/mol. The maximum atomic E-state index is 12.7. The number of nitrogens with zero attached hydrogens (tertiary/aromatic N) is 4. The average molecular weight is 464 g/mol. The number of rotatable bonds is 6. The molecule has 3 aromatic heterocycles. The lowest BCUT2D eigenvalue weighted by Gasteiger charge is -2.24. The van der Waals surface area contributed by atoms with Gasteiger partial charge in [0.1, 0.15) is 26.4 Å². The van der Waals surface area contributed by atoms with Gasteiger partial charge in [-0.3, -0.25) is 4.79 Å². The molecule has 8 nitrogen and oxygen atoms in total. The number of anilines is 1. The highest BCUT2D eigenvalue weighted by molar-refractivity contribution is 7.21. The van der Waals surface area contributed by atoms with Gasteiger partial charge in [0.15, 0.2) is 5.82 Å². The molecule has 0 aliphatic carbocycles. The number of thiazole rings is 1. The van der Waals surface area contributed by atoms with Gasteiger partial charge in [-0.2, -0.15) is 0 Å². The Balaban J connectivity index is 1.45. The van der Waals surface area contributed by atoms with Crippen LogP contribution in [0.2, 0.25) is 0 Å². The second-order valence-corrected chi connectivity index (χ2v) is 9.57. The second kappa shape index (κ2) is 9.07. The lowest BCUT2D eigenvalue weighted by atomic mass is 9.96. The van der Waals surface area contributed by atoms with Crippen molar-refractivity contribution in [1.29, 1.82) is 0 Å². The van der Waals surface area contributed by atoms with Crippen molar-refractivity contribution in [3.63, 3.8) is 0 Å². The van der Waals surface area contributed by atoms with Crippen LogP contribution in [-0.2, 0) is 11.8 Å². The Kier molecular flexibility index (Phi) is 5.99. The topological polar surface area (TPSA) is 96.8 Å². The van der Waals surface area contributed by atoms with Crippen molar-refractivity contribution in [3.05, 3.63) is 36.2 Å². The molecule has 0 bridgehead atoms. The molecule has 172 valence electrons. The van der Waals surface area contributed by atoms with Crippen LogP contribution < -0.4 is 16.0 Å². The number of amides is 1. The van der Waals surface area contributed by atoms with Crippen molar-refractivity contribution in [2.45, 2.75) is 32.7 Å². The van der Waals surface area contributed by atoms with E-state index in [0.29, 0.717) is 0 Å². The molecule has 0 radical (unpaired) electrons. The van der Waals surface area contributed by atoms with Crippen molar-refractivity contribution < 1.29 is 4.79 Å². The smallest absolute Gasteiger partial charge is 0.223 e. The number of imidazole rings is 1. The third-order valence-corrected chi connectivity index (χ3v) is 7.25. The molecule has 1 aliphatic rings. The zero-order chi connectivity index (χ0) is 22.9. The first-order valence-electron chi connectivity index (χ1n) is 11.5. The first-order valence-corrected chi connectivity index (χ1v) is 12.3. The van der Waals surface area contributed by atoms with Gasteiger partial charge in [0, 0.05) is 25.1 Å². The molecule has 1 amide bonds. The van der Waals surface area contributed by atoms with Gasteiger partial charge in [0.05, 0.1) is 12.4 Å². The quantitative estimate of drug-likeness (QED) is 0.402. The van der Waals surface area contributed by atoms with Crippen LogP contribution in [0.4, 0.5) is 5.82 Å². The van der Waals surface area contributed by atoms with Gasteiger partial charge < -0.3 is 20.5 Å². The Morgan fingerprint density at radius 2 is 2.09 bits per heavy atom. The standard InChI is InChI=1S/C24H29N7OS/c1-4-26-21-18-20(31(3)13-27-18)19-24(30-21)33-23(29-19)17-7-5-6-16(12-17)14(2)28-22(32)15-8-10-25-11-9-15/h5-7,12-15,25H,4,8-11H2,1-3H3,(H,26,30)(H,28,32)/t14-/m0/s1. The number of benzene rings is 1. The normalized spacial score (nSPS) is 15.7. The minimum atomic E-state index is -0.0658. The van der Waals surface area contributed by atoms with E-state index < -0.39 is 0 Å². The highest BCUT2D eigenvalue weighted by Gasteiger charge is 2.23. The number of nitrogens with one attached hydrogen (secondary N) is 3. The molecule has 1 fully saturated rings. The lowest BCUT2D eigenvalue weighted by molar-refractivity contribution is -0.126. The van der Waals surface area contributed by atoms with Gasteiger partial charge >= 0.3 is 0 Å². The van der Waals surface area contributed by atoms with Crippen molar-refractivity contribution >= 4 is 44.4 Å². The maximum absolute atomic E-state index is 12.7. The van der Waals surface area contributed by atoms with E-state index in [-0.39, 0.29) is 17.9 Å². The summed E-state index contributed by atoms with van der Waals surface area (Å²) < 4.78 is 2.00. The molecular formula is C24H29N7OS. The summed E-state index contributed by atoms with van der Waals surface area (Å²) in [6.07, 6.45) is 3.60. The number of piperidine rings is 1. The van der Waals surface area contributed by atoms with E-state index in [4.69, 9.17) is 9.97 Å². The van der Waals surface area contributed by atoms with Crippen LogP contribution in [0.1, 0.15) is 38.3 Å². The van der Waals surface area contributed by atoms with Gasteiger partial charge in [-0.15, -0.1) is 0 Å². The number of hydrogen-bond acceptors (Lipinski definition) is 7. The van der Waals surface area contributed by atoms with Crippen molar-refractivity contribution in [3.8, 4) is 10.6 Å². The number of fused-ring (bicyclic) bond motifs is 3. The fraction of sp³-hybridized carbons (Fsp3) is 0.417. The summed E-state index contributed by atoms with van der Waals surface area (Å²) in [5.74, 6) is 1.03. The Morgan fingerprint density at radius 1 is 1.27 bits per heavy atom. The van der Waals surface area contributed by atoms with E-state index in [1.807, 2.05) is 24.6 Å². The molecular weight excluding hydrogens is 434 g/mol. The number of aromatic nitrogens is 4. The van der Waals surface area contributed by atoms with Crippen LogP contribution >= 0.6 is 11.3 Å². The summed E-state index contributed by atoms with van der Waals surface area (Å²) in [5, 5.41) is 10.8. The van der Waals surface area contributed by atoms with Crippen LogP contribution in [0.15, 0.2) is 30.6 Å². The predicted octanol–water partition coefficient (Wildman–Crippen LogP) is 3.85. The van der Waals surface area contributed by atoms with Crippen LogP contribution in [0.3, 0.4) is 0 Å². The second-order valence-electron chi connectivity index (χ2n) is 8.60. The van der Waals surface area contributed by atoms with Crippen molar-refractivity contribution in [1.82, 2.24) is 30.2 Å². The summed E-state index contributed by atoms with van der Waals surface area (Å²) in [5.41, 5.74) is 4.79. The molecule has 0 spiro atoms. The SMILES string of the molecule is CCNc1nc2sc(-c3cccc([C@H](C)NC(=O)C4CCNCC4)c3)nc2c2c1ncn2C. The van der Waals surface area contributed by atoms with Crippen LogP contribution in [-0.4, -0.2) is 45.1 Å². The molecule has 1 atom stereocenters. The molecule has 4 aromatic rings. The monoisotopic (exact) mass is 463 g/mol. The first kappa shape index (κ1) is 21.8. The van der Waals surface area contributed by atoms with Gasteiger partial charge in [0.25, 0.3) is 0 Å². The zero-order valence-electron chi connectivity index (χ0n) is 19.2. The molecule has 1 saturated heterocycles. The molecule has 4 heterocycles. The van der Waals surface area contributed by atoms with Gasteiger partial charge in [-0.25, -0.2) is 15.0 Å². The minimum Gasteiger partial charge on any atom is -0.368 e. The molecule has 9 heteroatoms. The molecule has 33 heavy (non-hydrogen) atoms. The van der Waals surface area contributed by atoms with E-state index in [1.165, 1.54) is 0 Å². The highest BCUT2D eigenvalue weighted by Crippen LogP contribution is 2.35. The number of pyridine rings is 1. The van der Waals surface area contributed by atoms with E-state index in [2.05, 4.69) is 46.1 Å². The third-order valence-electron chi connectivity index (χ3n) is 6.25. The number of carbonyl (C=O) groups is 1. The summed E-state index contributed by atoms with van der Waals surface area (Å²) in [6.45, 7) is 6.69. The van der Waals surface area contributed by atoms with E-state index in [9.17, 15) is 4.79 Å². The molecule has 3 N–H and O–H groups in total. The summed E-state index contributed by atoms with van der Waals surface area (Å²) in [6, 6.07) is 8.21. The number of aryl methyl sites for hydroxylation is 1. The van der Waals surface area contributed by atoms with Crippen molar-refractivity contribution in [2.24, 2.45) is 13.0 Å². The van der Waals surface area contributed by atoms with Crippen LogP contribution in [0.5, 0.6) is 0 Å². The third kappa shape index (κ3) is 4.18. The largest absolute Gasteiger partial charge is 0.368 e.